The largest absolute Gasteiger partial charge is 0.478 e. The summed E-state index contributed by atoms with van der Waals surface area (Å²) in [6.07, 6.45) is 1.55. The molecule has 0 aliphatic heterocycles. The minimum Gasteiger partial charge on any atom is -0.478 e. The number of rotatable bonds is 3. The molecule has 2 N–H and O–H groups in total. The molecule has 0 fully saturated rings. The van der Waals surface area contributed by atoms with E-state index in [4.69, 9.17) is 5.11 Å². The molecule has 0 unspecified atom stereocenters. The number of aromatic nitrogens is 1. The highest BCUT2D eigenvalue weighted by molar-refractivity contribution is 9.10. The van der Waals surface area contributed by atoms with Crippen LogP contribution >= 0.6 is 15.9 Å². The molecule has 0 spiro atoms. The van der Waals surface area contributed by atoms with Crippen molar-refractivity contribution in [2.24, 2.45) is 0 Å². The number of hydrogen-bond donors (Lipinski definition) is 2. The highest BCUT2D eigenvalue weighted by Crippen LogP contribution is 2.24. The Morgan fingerprint density at radius 2 is 1.95 bits per heavy atom. The summed E-state index contributed by atoms with van der Waals surface area (Å²) in [5.41, 5.74) is 1.71. The van der Waals surface area contributed by atoms with E-state index >= 15 is 0 Å². The van der Waals surface area contributed by atoms with Gasteiger partial charge in [0, 0.05) is 21.9 Å². The number of carboxylic acid groups (broad SMARTS) is 1. The van der Waals surface area contributed by atoms with Gasteiger partial charge in [0.2, 0.25) is 0 Å². The van der Waals surface area contributed by atoms with E-state index < -0.39 is 5.97 Å². The molecule has 0 aliphatic carbocycles. The van der Waals surface area contributed by atoms with Crippen molar-refractivity contribution in [1.29, 1.82) is 0 Å². The summed E-state index contributed by atoms with van der Waals surface area (Å²) in [6.45, 7) is 1.79. The maximum atomic E-state index is 12.1. The number of nitrogens with one attached hydrogen (secondary N) is 1. The lowest BCUT2D eigenvalue weighted by molar-refractivity contribution is 0.0696. The van der Waals surface area contributed by atoms with E-state index in [0.717, 1.165) is 5.69 Å². The van der Waals surface area contributed by atoms with E-state index in [-0.39, 0.29) is 11.5 Å². The summed E-state index contributed by atoms with van der Waals surface area (Å²) in [6, 6.07) is 7.69. The summed E-state index contributed by atoms with van der Waals surface area (Å²) in [5.74, 6) is -1.37. The molecule has 1 heterocycles. The van der Waals surface area contributed by atoms with E-state index in [1.807, 2.05) is 0 Å². The van der Waals surface area contributed by atoms with Crippen LogP contribution in [0.2, 0.25) is 0 Å². The Labute approximate surface area is 123 Å². The first-order chi connectivity index (χ1) is 9.47. The molecule has 0 aliphatic rings. The number of carbonyl (C=O) groups excluding carboxylic acids is 1. The Bertz CT molecular complexity index is 686. The van der Waals surface area contributed by atoms with Gasteiger partial charge in [0.25, 0.3) is 5.91 Å². The number of nitrogens with zero attached hydrogens (tertiary/aromatic N) is 1. The topological polar surface area (TPSA) is 79.3 Å². The molecule has 0 saturated heterocycles. The average Bonchev–Trinajstić information content (AvgIpc) is 2.41. The lowest BCUT2D eigenvalue weighted by Crippen LogP contribution is -2.13. The minimum absolute atomic E-state index is 0.106. The zero-order valence-corrected chi connectivity index (χ0v) is 12.1. The molecule has 1 aromatic heterocycles. The summed E-state index contributed by atoms with van der Waals surface area (Å²) < 4.78 is 0.613. The third-order valence-electron chi connectivity index (χ3n) is 2.62. The molecule has 5 nitrogen and oxygen atoms in total. The fourth-order valence-electron chi connectivity index (χ4n) is 1.64. The second-order valence-electron chi connectivity index (χ2n) is 4.14. The van der Waals surface area contributed by atoms with E-state index in [1.165, 1.54) is 12.1 Å². The smallest absolute Gasteiger partial charge is 0.335 e. The van der Waals surface area contributed by atoms with Gasteiger partial charge in [-0.2, -0.15) is 0 Å². The Morgan fingerprint density at radius 3 is 2.60 bits per heavy atom. The fraction of sp³-hybridized carbons (Fsp3) is 0.0714. The predicted molar refractivity (Wildman–Crippen MR) is 78.0 cm³/mol. The van der Waals surface area contributed by atoms with Crippen LogP contribution in [0.15, 0.2) is 41.0 Å². The first-order valence-electron chi connectivity index (χ1n) is 5.74. The van der Waals surface area contributed by atoms with Gasteiger partial charge in [-0.1, -0.05) is 0 Å². The van der Waals surface area contributed by atoms with Gasteiger partial charge < -0.3 is 10.4 Å². The second kappa shape index (κ2) is 5.83. The van der Waals surface area contributed by atoms with Gasteiger partial charge in [-0.25, -0.2) is 4.79 Å². The zero-order valence-electron chi connectivity index (χ0n) is 10.6. The van der Waals surface area contributed by atoms with Crippen LogP contribution in [0.4, 0.5) is 5.69 Å². The number of halogens is 1. The molecular weight excluding hydrogens is 324 g/mol. The van der Waals surface area contributed by atoms with E-state index in [1.54, 1.807) is 31.3 Å². The Kier molecular flexibility index (Phi) is 4.14. The van der Waals surface area contributed by atoms with Crippen LogP contribution in [0.5, 0.6) is 0 Å². The van der Waals surface area contributed by atoms with Crippen molar-refractivity contribution in [2.45, 2.75) is 6.92 Å². The quantitative estimate of drug-likeness (QED) is 0.903. The van der Waals surface area contributed by atoms with Gasteiger partial charge in [0.1, 0.15) is 0 Å². The number of aryl methyl sites for hydroxylation is 1. The number of amides is 1. The maximum Gasteiger partial charge on any atom is 0.335 e. The summed E-state index contributed by atoms with van der Waals surface area (Å²) >= 11 is 3.28. The number of benzene rings is 1. The second-order valence-corrected chi connectivity index (χ2v) is 4.99. The highest BCUT2D eigenvalue weighted by atomic mass is 79.9. The molecular formula is C14H11BrN2O3. The number of hydrogen-bond acceptors (Lipinski definition) is 3. The monoisotopic (exact) mass is 334 g/mol. The van der Waals surface area contributed by atoms with Gasteiger partial charge >= 0.3 is 5.97 Å². The van der Waals surface area contributed by atoms with Crippen molar-refractivity contribution in [2.75, 3.05) is 5.32 Å². The summed E-state index contributed by atoms with van der Waals surface area (Å²) in [7, 11) is 0. The SMILES string of the molecule is Cc1cc(C(=O)Nc2cc(C(=O)O)ccc2Br)ccn1. The molecule has 0 radical (unpaired) electrons. The van der Waals surface area contributed by atoms with Crippen LogP contribution < -0.4 is 5.32 Å². The Hall–Kier alpha value is -2.21. The van der Waals surface area contributed by atoms with Crippen molar-refractivity contribution in [3.05, 3.63) is 57.8 Å². The summed E-state index contributed by atoms with van der Waals surface area (Å²) in [5, 5.41) is 11.6. The van der Waals surface area contributed by atoms with Crippen molar-refractivity contribution in [1.82, 2.24) is 4.98 Å². The highest BCUT2D eigenvalue weighted by Gasteiger charge is 2.11. The van der Waals surface area contributed by atoms with Crippen molar-refractivity contribution in [3.8, 4) is 0 Å². The fourth-order valence-corrected chi connectivity index (χ4v) is 1.98. The Morgan fingerprint density at radius 1 is 1.20 bits per heavy atom. The molecule has 0 atom stereocenters. The van der Waals surface area contributed by atoms with Crippen LogP contribution in [0.3, 0.4) is 0 Å². The third-order valence-corrected chi connectivity index (χ3v) is 3.31. The Balaban J connectivity index is 2.27. The number of anilines is 1. The van der Waals surface area contributed by atoms with Crippen LogP contribution in [0.25, 0.3) is 0 Å². The first-order valence-corrected chi connectivity index (χ1v) is 6.53. The number of pyridine rings is 1. The van der Waals surface area contributed by atoms with E-state index in [2.05, 4.69) is 26.2 Å². The molecule has 2 aromatic rings. The predicted octanol–water partition coefficient (Wildman–Crippen LogP) is 3.10. The molecule has 6 heteroatoms. The van der Waals surface area contributed by atoms with Crippen molar-refractivity contribution >= 4 is 33.5 Å². The molecule has 102 valence electrons. The van der Waals surface area contributed by atoms with Gasteiger partial charge in [-0.15, -0.1) is 0 Å². The molecule has 1 aromatic carbocycles. The van der Waals surface area contributed by atoms with Crippen molar-refractivity contribution in [3.63, 3.8) is 0 Å². The van der Waals surface area contributed by atoms with Crippen LogP contribution in [0.1, 0.15) is 26.4 Å². The van der Waals surface area contributed by atoms with E-state index in [9.17, 15) is 9.59 Å². The zero-order chi connectivity index (χ0) is 14.7. The van der Waals surface area contributed by atoms with E-state index in [0.29, 0.717) is 15.7 Å². The first kappa shape index (κ1) is 14.2. The summed E-state index contributed by atoms with van der Waals surface area (Å²) in [4.78, 5) is 27.0. The normalized spacial score (nSPS) is 10.1. The van der Waals surface area contributed by atoms with Crippen LogP contribution in [0, 0.1) is 6.92 Å². The number of carboxylic acids is 1. The third kappa shape index (κ3) is 3.21. The molecule has 20 heavy (non-hydrogen) atoms. The minimum atomic E-state index is -1.05. The molecule has 2 rings (SSSR count). The van der Waals surface area contributed by atoms with Gasteiger partial charge in [0.05, 0.1) is 11.3 Å². The standard InChI is InChI=1S/C14H11BrN2O3/c1-8-6-9(4-5-16-8)13(18)17-12-7-10(14(19)20)2-3-11(12)15/h2-7H,1H3,(H,17,18)(H,19,20). The molecule has 0 saturated carbocycles. The van der Waals surface area contributed by atoms with Crippen LogP contribution in [-0.4, -0.2) is 22.0 Å². The molecule has 0 bridgehead atoms. The van der Waals surface area contributed by atoms with Crippen LogP contribution in [-0.2, 0) is 0 Å². The average molecular weight is 335 g/mol. The van der Waals surface area contributed by atoms with Crippen molar-refractivity contribution < 1.29 is 14.7 Å². The van der Waals surface area contributed by atoms with Gasteiger partial charge in [-0.3, -0.25) is 9.78 Å². The van der Waals surface area contributed by atoms with Gasteiger partial charge in [-0.05, 0) is 53.2 Å². The molecule has 1 amide bonds. The lowest BCUT2D eigenvalue weighted by atomic mass is 10.2. The lowest BCUT2D eigenvalue weighted by Gasteiger charge is -2.08. The number of aromatic carboxylic acids is 1. The number of carbonyl (C=O) groups is 2. The van der Waals surface area contributed by atoms with Gasteiger partial charge in [0.15, 0.2) is 0 Å². The maximum absolute atomic E-state index is 12.1.